The molecule has 0 radical (unpaired) electrons. The average molecular weight is 268 g/mol. The van der Waals surface area contributed by atoms with Crippen molar-refractivity contribution in [2.45, 2.75) is 13.3 Å². The molecule has 15 heavy (non-hydrogen) atoms. The first-order chi connectivity index (χ1) is 7.28. The molecule has 5 heteroatoms. The van der Waals surface area contributed by atoms with Crippen LogP contribution in [-0.2, 0) is 6.42 Å². The zero-order valence-electron chi connectivity index (χ0n) is 8.20. The minimum Gasteiger partial charge on any atom is -0.408 e. The number of rotatable bonds is 3. The van der Waals surface area contributed by atoms with Crippen LogP contribution in [0.5, 0.6) is 0 Å². The molecule has 1 N–H and O–H groups in total. The highest BCUT2D eigenvalue weighted by Crippen LogP contribution is 2.18. The third-order valence-corrected chi connectivity index (χ3v) is 2.39. The van der Waals surface area contributed by atoms with Crippen molar-refractivity contribution in [3.8, 4) is 0 Å². The Morgan fingerprint density at radius 2 is 2.00 bits per heavy atom. The summed E-state index contributed by atoms with van der Waals surface area (Å²) in [5.41, 5.74) is 0.921. The second kappa shape index (κ2) is 4.44. The van der Waals surface area contributed by atoms with Gasteiger partial charge in [-0.1, -0.05) is 28.0 Å². The van der Waals surface area contributed by atoms with Crippen molar-refractivity contribution in [2.24, 2.45) is 0 Å². The average Bonchev–Trinajstić information content (AvgIpc) is 2.69. The first kappa shape index (κ1) is 10.2. The van der Waals surface area contributed by atoms with E-state index in [-0.39, 0.29) is 0 Å². The van der Waals surface area contributed by atoms with E-state index < -0.39 is 0 Å². The monoisotopic (exact) mass is 267 g/mol. The first-order valence-corrected chi connectivity index (χ1v) is 5.42. The fourth-order valence-electron chi connectivity index (χ4n) is 1.10. The molecule has 0 bridgehead atoms. The minimum atomic E-state index is 0.425. The molecule has 0 saturated heterocycles. The number of aryl methyl sites for hydroxylation is 1. The van der Waals surface area contributed by atoms with Gasteiger partial charge in [0.2, 0.25) is 5.89 Å². The predicted molar refractivity (Wildman–Crippen MR) is 61.1 cm³/mol. The lowest BCUT2D eigenvalue weighted by Crippen LogP contribution is -1.89. The summed E-state index contributed by atoms with van der Waals surface area (Å²) in [6.45, 7) is 1.97. The van der Waals surface area contributed by atoms with Crippen LogP contribution in [0.2, 0.25) is 0 Å². The van der Waals surface area contributed by atoms with Gasteiger partial charge in [-0.05, 0) is 24.3 Å². The number of hydrogen-bond donors (Lipinski definition) is 1. The van der Waals surface area contributed by atoms with Crippen molar-refractivity contribution in [2.75, 3.05) is 5.32 Å². The normalized spacial score (nSPS) is 10.3. The van der Waals surface area contributed by atoms with Gasteiger partial charge in [-0.3, -0.25) is 0 Å². The molecule has 1 aromatic heterocycles. The van der Waals surface area contributed by atoms with Crippen molar-refractivity contribution < 1.29 is 4.42 Å². The van der Waals surface area contributed by atoms with E-state index in [1.807, 2.05) is 31.2 Å². The Balaban J connectivity index is 2.11. The summed E-state index contributed by atoms with van der Waals surface area (Å²) in [5.74, 6) is 0.634. The van der Waals surface area contributed by atoms with Crippen LogP contribution >= 0.6 is 15.9 Å². The quantitative estimate of drug-likeness (QED) is 0.929. The fourth-order valence-corrected chi connectivity index (χ4v) is 1.37. The van der Waals surface area contributed by atoms with Gasteiger partial charge in [0.1, 0.15) is 0 Å². The summed E-state index contributed by atoms with van der Waals surface area (Å²) in [6.07, 6.45) is 0.745. The van der Waals surface area contributed by atoms with Gasteiger partial charge in [0, 0.05) is 16.6 Å². The third-order valence-electron chi connectivity index (χ3n) is 1.86. The molecule has 0 unspecified atom stereocenters. The number of aromatic nitrogens is 2. The number of benzene rings is 1. The molecule has 4 nitrogen and oxygen atoms in total. The molecule has 78 valence electrons. The Labute approximate surface area is 95.8 Å². The van der Waals surface area contributed by atoms with Crippen LogP contribution in [0, 0.1) is 0 Å². The number of anilines is 2. The highest BCUT2D eigenvalue weighted by Gasteiger charge is 2.03. The maximum absolute atomic E-state index is 5.32. The lowest BCUT2D eigenvalue weighted by atomic mass is 10.3. The maximum atomic E-state index is 5.32. The van der Waals surface area contributed by atoms with Gasteiger partial charge in [0.05, 0.1) is 0 Å². The maximum Gasteiger partial charge on any atom is 0.320 e. The Bertz CT molecular complexity index is 438. The van der Waals surface area contributed by atoms with Crippen LogP contribution in [0.4, 0.5) is 11.7 Å². The molecule has 0 aliphatic carbocycles. The molecular formula is C10H10BrN3O. The van der Waals surface area contributed by atoms with Crippen LogP contribution in [0.25, 0.3) is 0 Å². The van der Waals surface area contributed by atoms with Crippen molar-refractivity contribution in [3.63, 3.8) is 0 Å². The molecule has 0 spiro atoms. The standard InChI is InChI=1S/C10H10BrN3O/c1-2-9-13-14-10(15-9)12-8-5-3-7(11)4-6-8/h3-6H,2H2,1H3,(H,12,14). The zero-order valence-corrected chi connectivity index (χ0v) is 9.78. The van der Waals surface area contributed by atoms with E-state index in [4.69, 9.17) is 4.42 Å². The predicted octanol–water partition coefficient (Wildman–Crippen LogP) is 3.14. The van der Waals surface area contributed by atoms with E-state index in [0.29, 0.717) is 11.9 Å². The Morgan fingerprint density at radius 1 is 1.27 bits per heavy atom. The topological polar surface area (TPSA) is 51.0 Å². The number of halogens is 1. The van der Waals surface area contributed by atoms with Gasteiger partial charge >= 0.3 is 6.01 Å². The second-order valence-electron chi connectivity index (χ2n) is 2.99. The molecule has 2 rings (SSSR count). The summed E-state index contributed by atoms with van der Waals surface area (Å²) < 4.78 is 6.36. The number of hydrogen-bond acceptors (Lipinski definition) is 4. The number of nitrogens with one attached hydrogen (secondary N) is 1. The Morgan fingerprint density at radius 3 is 2.60 bits per heavy atom. The molecule has 0 amide bonds. The summed E-state index contributed by atoms with van der Waals surface area (Å²) in [5, 5.41) is 10.7. The lowest BCUT2D eigenvalue weighted by molar-refractivity contribution is 0.515. The highest BCUT2D eigenvalue weighted by atomic mass is 79.9. The van der Waals surface area contributed by atoms with Crippen LogP contribution in [-0.4, -0.2) is 10.2 Å². The molecule has 1 aromatic carbocycles. The van der Waals surface area contributed by atoms with E-state index >= 15 is 0 Å². The molecule has 2 aromatic rings. The second-order valence-corrected chi connectivity index (χ2v) is 3.90. The first-order valence-electron chi connectivity index (χ1n) is 4.63. The van der Waals surface area contributed by atoms with E-state index in [9.17, 15) is 0 Å². The van der Waals surface area contributed by atoms with Crippen molar-refractivity contribution in [1.29, 1.82) is 0 Å². The van der Waals surface area contributed by atoms with Gasteiger partial charge in [0.25, 0.3) is 0 Å². The summed E-state index contributed by atoms with van der Waals surface area (Å²) in [6, 6.07) is 8.17. The molecule has 0 atom stereocenters. The third kappa shape index (κ3) is 2.56. The molecule has 1 heterocycles. The van der Waals surface area contributed by atoms with Crippen molar-refractivity contribution >= 4 is 27.6 Å². The van der Waals surface area contributed by atoms with Crippen molar-refractivity contribution in [1.82, 2.24) is 10.2 Å². The number of nitrogens with zero attached hydrogens (tertiary/aromatic N) is 2. The van der Waals surface area contributed by atoms with Gasteiger partial charge in [0.15, 0.2) is 0 Å². The Hall–Kier alpha value is -1.36. The Kier molecular flexibility index (Phi) is 3.01. The van der Waals surface area contributed by atoms with E-state index in [2.05, 4.69) is 31.4 Å². The SMILES string of the molecule is CCc1nnc(Nc2ccc(Br)cc2)o1. The van der Waals surface area contributed by atoms with Crippen molar-refractivity contribution in [3.05, 3.63) is 34.6 Å². The van der Waals surface area contributed by atoms with E-state index in [1.54, 1.807) is 0 Å². The molecule has 0 fully saturated rings. The van der Waals surface area contributed by atoms with Crippen LogP contribution in [0.3, 0.4) is 0 Å². The van der Waals surface area contributed by atoms with Gasteiger partial charge in [-0.2, -0.15) is 0 Å². The molecule has 0 aliphatic rings. The fraction of sp³-hybridized carbons (Fsp3) is 0.200. The zero-order chi connectivity index (χ0) is 10.7. The summed E-state index contributed by atoms with van der Waals surface area (Å²) >= 11 is 3.37. The van der Waals surface area contributed by atoms with Gasteiger partial charge in [-0.25, -0.2) is 0 Å². The van der Waals surface area contributed by atoms with Crippen LogP contribution in [0.1, 0.15) is 12.8 Å². The lowest BCUT2D eigenvalue weighted by Gasteiger charge is -1.99. The van der Waals surface area contributed by atoms with Gasteiger partial charge < -0.3 is 9.73 Å². The van der Waals surface area contributed by atoms with E-state index in [1.165, 1.54) is 0 Å². The molecular weight excluding hydrogens is 258 g/mol. The molecule has 0 aliphatic heterocycles. The summed E-state index contributed by atoms with van der Waals surface area (Å²) in [7, 11) is 0. The minimum absolute atomic E-state index is 0.425. The summed E-state index contributed by atoms with van der Waals surface area (Å²) in [4.78, 5) is 0. The smallest absolute Gasteiger partial charge is 0.320 e. The largest absolute Gasteiger partial charge is 0.408 e. The van der Waals surface area contributed by atoms with E-state index in [0.717, 1.165) is 16.6 Å². The highest BCUT2D eigenvalue weighted by molar-refractivity contribution is 9.10. The molecule has 0 saturated carbocycles. The van der Waals surface area contributed by atoms with Crippen LogP contribution in [0.15, 0.2) is 33.2 Å². The van der Waals surface area contributed by atoms with Gasteiger partial charge in [-0.15, -0.1) is 5.10 Å². The van der Waals surface area contributed by atoms with Crippen LogP contribution < -0.4 is 5.32 Å².